The molecule has 0 saturated carbocycles. The molecule has 1 radical (unpaired) electrons. The number of rotatable bonds is 0. The standard InChI is InChI=1S/Al.Cu.Mg.O.3H/q;;+2;;;2*-1. The Hall–Kier alpha value is 1.62. The Bertz CT molecular complexity index is 13.5. The second kappa shape index (κ2) is 23.1. The third-order valence-corrected chi connectivity index (χ3v) is 0. The maximum atomic E-state index is 8.28. The van der Waals surface area contributed by atoms with Crippen LogP contribution in [0.5, 0.6) is 0 Å². The molecule has 0 amide bonds. The van der Waals surface area contributed by atoms with Gasteiger partial charge in [0.1, 0.15) is 0 Å². The van der Waals surface area contributed by atoms with Crippen LogP contribution < -0.4 is 0 Å². The molecule has 0 heterocycles. The Morgan fingerprint density at radius 2 is 1.50 bits per heavy atom. The van der Waals surface area contributed by atoms with Gasteiger partial charge in [-0.2, -0.15) is 0 Å². The predicted molar refractivity (Wildman–Crippen MR) is 15.8 cm³/mol. The van der Waals surface area contributed by atoms with Gasteiger partial charge >= 0.3 is 43.1 Å². The summed E-state index contributed by atoms with van der Waals surface area (Å²) in [4.78, 5) is 0. The summed E-state index contributed by atoms with van der Waals surface area (Å²) in [6.45, 7) is 0. The van der Waals surface area contributed by atoms with Crippen LogP contribution in [0, 0.1) is 0 Å². The van der Waals surface area contributed by atoms with Gasteiger partial charge in [-0.05, 0) is 0 Å². The van der Waals surface area contributed by atoms with Crippen LogP contribution in [-0.2, 0) is 20.9 Å². The van der Waals surface area contributed by atoms with Gasteiger partial charge in [-0.3, -0.25) is 0 Å². The summed E-state index contributed by atoms with van der Waals surface area (Å²) in [5.74, 6) is 0. The molecule has 0 unspecified atom stereocenters. The van der Waals surface area contributed by atoms with E-state index >= 15 is 0 Å². The van der Waals surface area contributed by atoms with E-state index in [1.54, 1.807) is 0 Å². The van der Waals surface area contributed by atoms with Crippen LogP contribution in [0.1, 0.15) is 2.85 Å². The van der Waals surface area contributed by atoms with Gasteiger partial charge < -0.3 is 2.85 Å². The Labute approximate surface area is 62.7 Å². The fraction of sp³-hybridized carbons (Fsp3) is 0. The van der Waals surface area contributed by atoms with Crippen molar-refractivity contribution < 1.29 is 23.7 Å². The van der Waals surface area contributed by atoms with E-state index in [0.29, 0.717) is 16.2 Å². The van der Waals surface area contributed by atoms with Gasteiger partial charge in [-0.15, -0.1) is 0 Å². The van der Waals surface area contributed by atoms with Crippen molar-refractivity contribution in [1.82, 2.24) is 0 Å². The molecule has 0 N–H and O–H groups in total. The zero-order valence-corrected chi connectivity index (χ0v) is 5.89. The first-order chi connectivity index (χ1) is 1.00. The van der Waals surface area contributed by atoms with E-state index in [9.17, 15) is 0 Å². The average Bonchev–Trinajstić information content (AvgIpc) is 1.00. The maximum absolute atomic E-state index is 8.28. The van der Waals surface area contributed by atoms with Crippen LogP contribution in [0.2, 0.25) is 0 Å². The van der Waals surface area contributed by atoms with E-state index in [1.165, 1.54) is 0 Å². The van der Waals surface area contributed by atoms with Crippen molar-refractivity contribution in [3.05, 3.63) is 0 Å². The summed E-state index contributed by atoms with van der Waals surface area (Å²) in [6.07, 6.45) is 0. The molecule has 0 spiro atoms. The zero-order chi connectivity index (χ0) is 2.00. The van der Waals surface area contributed by atoms with E-state index in [1.807, 2.05) is 0 Å². The second-order valence-corrected chi connectivity index (χ2v) is 0. The zero-order valence-electron chi connectivity index (χ0n) is 4.12. The molecule has 25 valence electrons. The van der Waals surface area contributed by atoms with E-state index < -0.39 is 0 Å². The topological polar surface area (TPSA) is 17.1 Å². The Balaban J connectivity index is -0.000000000833. The summed E-state index contributed by atoms with van der Waals surface area (Å²) in [5.41, 5.74) is 0. The Morgan fingerprint density at radius 3 is 1.50 bits per heavy atom. The Kier molecular flexibility index (Phi) is 101. The summed E-state index contributed by atoms with van der Waals surface area (Å²) >= 11 is 0.611. The van der Waals surface area contributed by atoms with Gasteiger partial charge in [0.05, 0.1) is 0 Å². The monoisotopic (exact) mass is 133 g/mol. The van der Waals surface area contributed by atoms with Crippen LogP contribution in [0.4, 0.5) is 0 Å². The van der Waals surface area contributed by atoms with Crippen LogP contribution in [0.3, 0.4) is 0 Å². The fourth-order valence-corrected chi connectivity index (χ4v) is 0. The van der Waals surface area contributed by atoms with Gasteiger partial charge in [-0.25, -0.2) is 0 Å². The normalized spacial score (nSPS) is 0.750. The van der Waals surface area contributed by atoms with E-state index in [-0.39, 0.29) is 43.0 Å². The minimum atomic E-state index is 0. The molecule has 0 aromatic rings. The summed E-state index contributed by atoms with van der Waals surface area (Å²) in [6, 6.07) is 0. The van der Waals surface area contributed by atoms with Gasteiger partial charge in [0.25, 0.3) is 0 Å². The van der Waals surface area contributed by atoms with Crippen molar-refractivity contribution in [2.45, 2.75) is 0 Å². The predicted octanol–water partition coefficient (Wildman–Crippen LogP) is -0.926. The van der Waals surface area contributed by atoms with Gasteiger partial charge in [0, 0.05) is 17.1 Å². The van der Waals surface area contributed by atoms with Crippen molar-refractivity contribution in [3.8, 4) is 0 Å². The van der Waals surface area contributed by atoms with Crippen molar-refractivity contribution in [2.75, 3.05) is 0 Å². The molecule has 0 aliphatic heterocycles. The molecule has 0 saturated heterocycles. The fourth-order valence-electron chi connectivity index (χ4n) is 0. The van der Waals surface area contributed by atoms with Crippen LogP contribution in [0.25, 0.3) is 0 Å². The van der Waals surface area contributed by atoms with Crippen molar-refractivity contribution in [3.63, 3.8) is 0 Å². The van der Waals surface area contributed by atoms with Gasteiger partial charge in [0.15, 0.2) is 0 Å². The molecule has 0 aliphatic rings. The van der Waals surface area contributed by atoms with Crippen molar-refractivity contribution in [1.29, 1.82) is 0 Å². The number of hydrogen-bond acceptors (Lipinski definition) is 1. The molecule has 0 aromatic heterocycles. The van der Waals surface area contributed by atoms with E-state index in [2.05, 4.69) is 0 Å². The van der Waals surface area contributed by atoms with Crippen LogP contribution in [-0.4, -0.2) is 39.3 Å². The molecular weight excluding hydrogens is 131 g/mol. The molecule has 0 aromatic carbocycles. The van der Waals surface area contributed by atoms with Gasteiger partial charge in [-0.1, -0.05) is 0 Å². The Morgan fingerprint density at radius 1 is 1.50 bits per heavy atom. The molecule has 4 heteroatoms. The first-order valence-corrected chi connectivity index (χ1v) is 0.866. The second-order valence-electron chi connectivity index (χ2n) is 0. The van der Waals surface area contributed by atoms with Crippen LogP contribution >= 0.6 is 0 Å². The number of hydrogen-bond donors (Lipinski definition) is 0. The molecule has 0 atom stereocenters. The summed E-state index contributed by atoms with van der Waals surface area (Å²) in [5, 5.41) is 0. The third-order valence-electron chi connectivity index (χ3n) is 0. The summed E-state index contributed by atoms with van der Waals surface area (Å²) < 4.78 is 8.28. The quantitative estimate of drug-likeness (QED) is 0.391. The molecule has 0 aliphatic carbocycles. The molecular formula is H3AlCuMgO. The van der Waals surface area contributed by atoms with E-state index in [4.69, 9.17) is 3.80 Å². The van der Waals surface area contributed by atoms with Crippen molar-refractivity contribution in [2.24, 2.45) is 0 Å². The first-order valence-electron chi connectivity index (χ1n) is 0.289. The minimum absolute atomic E-state index is 0. The SMILES string of the molecule is [Cu].[H-].[H-].[Mg+2].[O]=[AlH]. The molecule has 4 heavy (non-hydrogen) atoms. The molecule has 1 nitrogen and oxygen atoms in total. The average molecular weight is 134 g/mol. The first kappa shape index (κ1) is 17.5. The summed E-state index contributed by atoms with van der Waals surface area (Å²) in [7, 11) is 0. The van der Waals surface area contributed by atoms with Crippen molar-refractivity contribution >= 4 is 39.3 Å². The molecule has 0 rings (SSSR count). The van der Waals surface area contributed by atoms with E-state index in [0.717, 1.165) is 0 Å². The molecule has 0 bridgehead atoms. The van der Waals surface area contributed by atoms with Crippen LogP contribution in [0.15, 0.2) is 0 Å². The van der Waals surface area contributed by atoms with Gasteiger partial charge in [0.2, 0.25) is 0 Å². The molecule has 0 fully saturated rings. The third kappa shape index (κ3) is 9.47.